The molecule has 0 fully saturated rings. The van der Waals surface area contributed by atoms with E-state index in [1.807, 2.05) is 0 Å². The summed E-state index contributed by atoms with van der Waals surface area (Å²) < 4.78 is 30.0. The number of ether oxygens (including phenoxy) is 3. The smallest absolute Gasteiger partial charge is 0.353 e. The van der Waals surface area contributed by atoms with Crippen LogP contribution in [0.2, 0.25) is 5.02 Å². The van der Waals surface area contributed by atoms with Gasteiger partial charge in [0.05, 0.1) is 19.2 Å². The first-order valence-electron chi connectivity index (χ1n) is 10.2. The molecule has 0 radical (unpaired) electrons. The number of methoxy groups -OCH3 is 2. The monoisotopic (exact) mass is 484 g/mol. The SMILES string of the molecule is COc1ccc(C[NH+]2C(=O)c3ccnc(C=O)c3N=C2COc2ccc(F)c(Cl)c2)c(OC)c1. The van der Waals surface area contributed by atoms with Crippen LogP contribution < -0.4 is 19.1 Å². The van der Waals surface area contributed by atoms with Crippen molar-refractivity contribution in [3.63, 3.8) is 0 Å². The van der Waals surface area contributed by atoms with E-state index in [1.54, 1.807) is 25.3 Å². The van der Waals surface area contributed by atoms with Gasteiger partial charge in [-0.15, -0.1) is 0 Å². The Labute approximate surface area is 199 Å². The molecule has 0 bridgehead atoms. The van der Waals surface area contributed by atoms with Crippen LogP contribution in [0.3, 0.4) is 0 Å². The molecular formula is C24H20ClFN3O5+. The van der Waals surface area contributed by atoms with Crippen LogP contribution in [0.25, 0.3) is 0 Å². The van der Waals surface area contributed by atoms with Gasteiger partial charge in [0.1, 0.15) is 46.6 Å². The second-order valence-corrected chi connectivity index (χ2v) is 7.70. The Kier molecular flexibility index (Phi) is 6.85. The highest BCUT2D eigenvalue weighted by atomic mass is 35.5. The summed E-state index contributed by atoms with van der Waals surface area (Å²) in [5.41, 5.74) is 1.24. The second-order valence-electron chi connectivity index (χ2n) is 7.30. The molecule has 0 saturated heterocycles. The molecule has 8 nitrogen and oxygen atoms in total. The zero-order valence-corrected chi connectivity index (χ0v) is 19.1. The second kappa shape index (κ2) is 9.98. The van der Waals surface area contributed by atoms with Crippen LogP contribution in [0, 0.1) is 5.82 Å². The lowest BCUT2D eigenvalue weighted by atomic mass is 10.1. The molecule has 2 heterocycles. The van der Waals surface area contributed by atoms with Gasteiger partial charge < -0.3 is 14.2 Å². The molecule has 1 aliphatic rings. The highest BCUT2D eigenvalue weighted by molar-refractivity contribution is 6.30. The minimum Gasteiger partial charge on any atom is -0.497 e. The van der Waals surface area contributed by atoms with Crippen LogP contribution in [-0.2, 0) is 6.54 Å². The van der Waals surface area contributed by atoms with Crippen LogP contribution in [0.1, 0.15) is 26.4 Å². The highest BCUT2D eigenvalue weighted by Gasteiger charge is 2.36. The van der Waals surface area contributed by atoms with Gasteiger partial charge in [-0.2, -0.15) is 4.99 Å². The number of amidine groups is 1. The maximum atomic E-state index is 13.5. The number of aromatic nitrogens is 1. The lowest BCUT2D eigenvalue weighted by molar-refractivity contribution is -0.731. The van der Waals surface area contributed by atoms with E-state index in [1.165, 1.54) is 37.6 Å². The third-order valence-corrected chi connectivity index (χ3v) is 5.60. The van der Waals surface area contributed by atoms with Crippen LogP contribution in [0.15, 0.2) is 53.7 Å². The van der Waals surface area contributed by atoms with Gasteiger partial charge in [0.25, 0.3) is 0 Å². The van der Waals surface area contributed by atoms with Crippen molar-refractivity contribution in [2.24, 2.45) is 4.99 Å². The summed E-state index contributed by atoms with van der Waals surface area (Å²) in [5, 5.41) is -0.0934. The number of pyridine rings is 1. The van der Waals surface area contributed by atoms with E-state index >= 15 is 0 Å². The van der Waals surface area contributed by atoms with Gasteiger partial charge in [-0.1, -0.05) is 11.6 Å². The molecule has 0 saturated carbocycles. The minimum absolute atomic E-state index is 0.0502. The Morgan fingerprint density at radius 3 is 2.59 bits per heavy atom. The lowest BCUT2D eigenvalue weighted by Gasteiger charge is -2.24. The Bertz CT molecular complexity index is 1300. The molecule has 2 aromatic carbocycles. The van der Waals surface area contributed by atoms with Crippen molar-refractivity contribution in [1.82, 2.24) is 4.98 Å². The molecule has 34 heavy (non-hydrogen) atoms. The summed E-state index contributed by atoms with van der Waals surface area (Å²) in [6, 6.07) is 10.8. The normalized spacial score (nSPS) is 14.8. The Morgan fingerprint density at radius 2 is 1.88 bits per heavy atom. The molecule has 4 rings (SSSR count). The van der Waals surface area contributed by atoms with E-state index in [9.17, 15) is 14.0 Å². The number of aliphatic imine (C=N–C) groups is 1. The van der Waals surface area contributed by atoms with Gasteiger partial charge in [-0.3, -0.25) is 9.78 Å². The summed E-state index contributed by atoms with van der Waals surface area (Å²) in [7, 11) is 3.08. The zero-order valence-electron chi connectivity index (χ0n) is 18.3. The van der Waals surface area contributed by atoms with Gasteiger partial charge >= 0.3 is 5.91 Å². The van der Waals surface area contributed by atoms with Gasteiger partial charge in [0.2, 0.25) is 5.84 Å². The van der Waals surface area contributed by atoms with E-state index in [0.29, 0.717) is 34.3 Å². The number of nitrogens with zero attached hydrogens (tertiary/aromatic N) is 2. The van der Waals surface area contributed by atoms with E-state index in [-0.39, 0.29) is 41.0 Å². The number of benzene rings is 2. The van der Waals surface area contributed by atoms with Gasteiger partial charge in [0, 0.05) is 23.9 Å². The van der Waals surface area contributed by atoms with Crippen molar-refractivity contribution in [2.45, 2.75) is 6.54 Å². The molecule has 10 heteroatoms. The Hall–Kier alpha value is -3.82. The Morgan fingerprint density at radius 1 is 1.09 bits per heavy atom. The van der Waals surface area contributed by atoms with Gasteiger partial charge in [0.15, 0.2) is 12.9 Å². The van der Waals surface area contributed by atoms with Crippen LogP contribution in [-0.4, -0.2) is 43.8 Å². The van der Waals surface area contributed by atoms with Gasteiger partial charge in [-0.05, 0) is 30.3 Å². The number of aldehydes is 1. The molecular weight excluding hydrogens is 465 g/mol. The number of amides is 1. The number of carbonyl (C=O) groups excluding carboxylic acids is 2. The molecule has 1 N–H and O–H groups in total. The molecule has 1 unspecified atom stereocenters. The molecule has 3 aromatic rings. The molecule has 1 amide bonds. The summed E-state index contributed by atoms with van der Waals surface area (Å²) in [6.07, 6.45) is 1.94. The topological polar surface area (TPSA) is 91.5 Å². The molecule has 1 atom stereocenters. The number of nitrogens with one attached hydrogen (secondary N) is 1. The fourth-order valence-electron chi connectivity index (χ4n) is 3.56. The lowest BCUT2D eigenvalue weighted by Crippen LogP contribution is -3.17. The predicted octanol–water partition coefficient (Wildman–Crippen LogP) is 3.05. The van der Waals surface area contributed by atoms with Crippen LogP contribution in [0.5, 0.6) is 17.2 Å². The number of halogens is 2. The van der Waals surface area contributed by atoms with E-state index in [0.717, 1.165) is 5.56 Å². The summed E-state index contributed by atoms with van der Waals surface area (Å²) in [5.74, 6) is 0.887. The van der Waals surface area contributed by atoms with Crippen molar-refractivity contribution in [3.8, 4) is 17.2 Å². The third-order valence-electron chi connectivity index (χ3n) is 5.31. The molecule has 0 spiro atoms. The quantitative estimate of drug-likeness (QED) is 0.494. The average Bonchev–Trinajstić information content (AvgIpc) is 2.86. The Balaban J connectivity index is 1.71. The van der Waals surface area contributed by atoms with E-state index < -0.39 is 5.82 Å². The van der Waals surface area contributed by atoms with Crippen LogP contribution >= 0.6 is 11.6 Å². The minimum atomic E-state index is -0.575. The summed E-state index contributed by atoms with van der Waals surface area (Å²) in [6.45, 7) is 0.0741. The first-order valence-corrected chi connectivity index (χ1v) is 10.5. The first kappa shape index (κ1) is 23.3. The predicted molar refractivity (Wildman–Crippen MR) is 122 cm³/mol. The maximum absolute atomic E-state index is 13.5. The van der Waals surface area contributed by atoms with Crippen molar-refractivity contribution >= 4 is 35.3 Å². The summed E-state index contributed by atoms with van der Waals surface area (Å²) >= 11 is 5.84. The number of quaternary nitrogens is 1. The number of hydrogen-bond donors (Lipinski definition) is 1. The maximum Gasteiger partial charge on any atom is 0.353 e. The number of fused-ring (bicyclic) bond motifs is 1. The number of carbonyl (C=O) groups is 2. The third kappa shape index (κ3) is 4.61. The van der Waals surface area contributed by atoms with Crippen LogP contribution in [0.4, 0.5) is 10.1 Å². The average molecular weight is 485 g/mol. The standard InChI is InChI=1S/C24H19ClFN3O5/c1-32-15-4-3-14(21(10-15)33-2)11-29-22(13-34-16-5-6-19(26)18(25)9-16)28-23-17(24(29)31)7-8-27-20(23)12-30/h3-10,12H,11,13H2,1-2H3/p+1. The molecule has 0 aliphatic carbocycles. The molecule has 1 aliphatic heterocycles. The highest BCUT2D eigenvalue weighted by Crippen LogP contribution is 2.27. The first-order chi connectivity index (χ1) is 16.4. The zero-order chi connectivity index (χ0) is 24.2. The van der Waals surface area contributed by atoms with Crippen molar-refractivity contribution in [3.05, 3.63) is 76.3 Å². The fourth-order valence-corrected chi connectivity index (χ4v) is 3.73. The largest absolute Gasteiger partial charge is 0.497 e. The van der Waals surface area contributed by atoms with Crippen molar-refractivity contribution in [2.75, 3.05) is 20.8 Å². The molecule has 174 valence electrons. The van der Waals surface area contributed by atoms with Gasteiger partial charge in [-0.25, -0.2) is 14.1 Å². The van der Waals surface area contributed by atoms with E-state index in [4.69, 9.17) is 25.8 Å². The number of hydrogen-bond acceptors (Lipinski definition) is 7. The van der Waals surface area contributed by atoms with Crippen molar-refractivity contribution < 1.29 is 33.1 Å². The number of rotatable bonds is 8. The fraction of sp³-hybridized carbons (Fsp3) is 0.167. The molecule has 1 aromatic heterocycles. The van der Waals surface area contributed by atoms with E-state index in [2.05, 4.69) is 9.98 Å². The van der Waals surface area contributed by atoms with Crippen molar-refractivity contribution in [1.29, 1.82) is 0 Å². The summed E-state index contributed by atoms with van der Waals surface area (Å²) in [4.78, 5) is 33.9.